The summed E-state index contributed by atoms with van der Waals surface area (Å²) in [5.41, 5.74) is 0.675. The Labute approximate surface area is 123 Å². The molecule has 1 N–H and O–H groups in total. The maximum atomic E-state index is 12.6. The summed E-state index contributed by atoms with van der Waals surface area (Å²) in [4.78, 5) is 11.2. The summed E-state index contributed by atoms with van der Waals surface area (Å²) in [5, 5.41) is 9.58. The van der Waals surface area contributed by atoms with E-state index < -0.39 is 28.0 Å². The highest BCUT2D eigenvalue weighted by Crippen LogP contribution is 2.31. The van der Waals surface area contributed by atoms with Gasteiger partial charge in [-0.05, 0) is 44.0 Å². The third-order valence-electron chi connectivity index (χ3n) is 3.75. The molecular formula is C13H16ClNO4S. The lowest BCUT2D eigenvalue weighted by atomic mass is 10.0. The van der Waals surface area contributed by atoms with Crippen molar-refractivity contribution in [2.45, 2.75) is 31.2 Å². The van der Waals surface area contributed by atoms with Crippen LogP contribution in [0.25, 0.3) is 0 Å². The molecule has 1 saturated heterocycles. The molecule has 1 aromatic rings. The van der Waals surface area contributed by atoms with Gasteiger partial charge in [-0.15, -0.1) is 0 Å². The number of halogens is 1. The molecule has 0 amide bonds. The SMILES string of the molecule is Cc1cc(S(=O)(=O)N2CCC(C(=O)O)C2C)ccc1Cl. The average Bonchev–Trinajstić information content (AvgIpc) is 2.75. The van der Waals surface area contributed by atoms with Gasteiger partial charge in [0.1, 0.15) is 0 Å². The van der Waals surface area contributed by atoms with Crippen LogP contribution in [0.4, 0.5) is 0 Å². The van der Waals surface area contributed by atoms with Crippen molar-refractivity contribution in [3.05, 3.63) is 28.8 Å². The van der Waals surface area contributed by atoms with E-state index in [1.807, 2.05) is 0 Å². The Morgan fingerprint density at radius 3 is 2.60 bits per heavy atom. The van der Waals surface area contributed by atoms with Gasteiger partial charge in [0.05, 0.1) is 10.8 Å². The Hall–Kier alpha value is -1.11. The van der Waals surface area contributed by atoms with Crippen LogP contribution in [0.5, 0.6) is 0 Å². The van der Waals surface area contributed by atoms with Crippen molar-refractivity contribution in [1.82, 2.24) is 4.31 Å². The van der Waals surface area contributed by atoms with Crippen molar-refractivity contribution in [3.8, 4) is 0 Å². The molecule has 20 heavy (non-hydrogen) atoms. The van der Waals surface area contributed by atoms with E-state index in [-0.39, 0.29) is 11.4 Å². The number of carboxylic acids is 1. The lowest BCUT2D eigenvalue weighted by molar-refractivity contribution is -0.142. The maximum Gasteiger partial charge on any atom is 0.308 e. The smallest absolute Gasteiger partial charge is 0.308 e. The van der Waals surface area contributed by atoms with Gasteiger partial charge in [-0.1, -0.05) is 11.6 Å². The molecule has 1 fully saturated rings. The number of nitrogens with zero attached hydrogens (tertiary/aromatic N) is 1. The van der Waals surface area contributed by atoms with Crippen LogP contribution in [0, 0.1) is 12.8 Å². The van der Waals surface area contributed by atoms with Crippen molar-refractivity contribution in [3.63, 3.8) is 0 Å². The second-order valence-corrected chi connectivity index (χ2v) is 7.30. The normalized spacial score (nSPS) is 23.9. The highest BCUT2D eigenvalue weighted by Gasteiger charge is 2.42. The van der Waals surface area contributed by atoms with E-state index in [1.54, 1.807) is 19.9 Å². The Balaban J connectivity index is 2.36. The molecular weight excluding hydrogens is 302 g/mol. The van der Waals surface area contributed by atoms with Crippen LogP contribution < -0.4 is 0 Å². The third-order valence-corrected chi connectivity index (χ3v) is 6.16. The van der Waals surface area contributed by atoms with Gasteiger partial charge in [0.15, 0.2) is 0 Å². The zero-order valence-corrected chi connectivity index (χ0v) is 12.8. The molecule has 1 aromatic carbocycles. The molecule has 0 bridgehead atoms. The Kier molecular flexibility index (Phi) is 4.09. The molecule has 2 rings (SSSR count). The molecule has 0 radical (unpaired) electrons. The van der Waals surface area contributed by atoms with Gasteiger partial charge in [-0.25, -0.2) is 8.42 Å². The van der Waals surface area contributed by atoms with Gasteiger partial charge >= 0.3 is 5.97 Å². The van der Waals surface area contributed by atoms with Crippen LogP contribution >= 0.6 is 11.6 Å². The van der Waals surface area contributed by atoms with E-state index >= 15 is 0 Å². The molecule has 0 aliphatic carbocycles. The van der Waals surface area contributed by atoms with Gasteiger partial charge in [-0.2, -0.15) is 4.31 Å². The second kappa shape index (κ2) is 5.35. The number of carboxylic acid groups (broad SMARTS) is 1. The van der Waals surface area contributed by atoms with Crippen LogP contribution in [0.2, 0.25) is 5.02 Å². The predicted molar refractivity (Wildman–Crippen MR) is 75.3 cm³/mol. The van der Waals surface area contributed by atoms with Gasteiger partial charge in [0, 0.05) is 17.6 Å². The minimum atomic E-state index is -3.68. The van der Waals surface area contributed by atoms with E-state index in [1.165, 1.54) is 16.4 Å². The summed E-state index contributed by atoms with van der Waals surface area (Å²) in [6.07, 6.45) is 0.336. The number of carbonyl (C=O) groups is 1. The quantitative estimate of drug-likeness (QED) is 0.926. The van der Waals surface area contributed by atoms with Gasteiger partial charge < -0.3 is 5.11 Å². The lowest BCUT2D eigenvalue weighted by Crippen LogP contribution is -2.37. The van der Waals surface area contributed by atoms with Crippen LogP contribution in [0.15, 0.2) is 23.1 Å². The lowest BCUT2D eigenvalue weighted by Gasteiger charge is -2.23. The minimum absolute atomic E-state index is 0.150. The van der Waals surface area contributed by atoms with Crippen LogP contribution in [-0.4, -0.2) is 36.4 Å². The topological polar surface area (TPSA) is 74.7 Å². The molecule has 1 heterocycles. The fourth-order valence-electron chi connectivity index (χ4n) is 2.49. The molecule has 0 saturated carbocycles. The molecule has 2 atom stereocenters. The van der Waals surface area contributed by atoms with Crippen LogP contribution in [-0.2, 0) is 14.8 Å². The number of benzene rings is 1. The van der Waals surface area contributed by atoms with Crippen molar-refractivity contribution in [2.24, 2.45) is 5.92 Å². The summed E-state index contributed by atoms with van der Waals surface area (Å²) in [7, 11) is -3.68. The first-order valence-electron chi connectivity index (χ1n) is 6.26. The molecule has 0 spiro atoms. The maximum absolute atomic E-state index is 12.6. The average molecular weight is 318 g/mol. The van der Waals surface area contributed by atoms with E-state index in [4.69, 9.17) is 16.7 Å². The van der Waals surface area contributed by atoms with E-state index in [9.17, 15) is 13.2 Å². The number of aryl methyl sites for hydroxylation is 1. The number of aliphatic carboxylic acids is 1. The first-order chi connectivity index (χ1) is 9.25. The Morgan fingerprint density at radius 1 is 1.45 bits per heavy atom. The van der Waals surface area contributed by atoms with Crippen LogP contribution in [0.3, 0.4) is 0 Å². The van der Waals surface area contributed by atoms with Crippen molar-refractivity contribution in [1.29, 1.82) is 0 Å². The molecule has 1 aliphatic rings. The summed E-state index contributed by atoms with van der Waals surface area (Å²) >= 11 is 5.90. The van der Waals surface area contributed by atoms with Gasteiger partial charge in [-0.3, -0.25) is 4.79 Å². The minimum Gasteiger partial charge on any atom is -0.481 e. The Morgan fingerprint density at radius 2 is 2.10 bits per heavy atom. The number of sulfonamides is 1. The molecule has 7 heteroatoms. The Bertz CT molecular complexity index is 644. The zero-order chi connectivity index (χ0) is 15.1. The summed E-state index contributed by atoms with van der Waals surface area (Å²) in [5.74, 6) is -1.61. The monoisotopic (exact) mass is 317 g/mol. The van der Waals surface area contributed by atoms with Crippen LogP contribution in [0.1, 0.15) is 18.9 Å². The number of hydrogen-bond donors (Lipinski definition) is 1. The first kappa shape index (κ1) is 15.3. The van der Waals surface area contributed by atoms with E-state index in [2.05, 4.69) is 0 Å². The summed E-state index contributed by atoms with van der Waals surface area (Å²) in [6.45, 7) is 3.59. The fourth-order valence-corrected chi connectivity index (χ4v) is 4.38. The molecule has 2 unspecified atom stereocenters. The molecule has 5 nitrogen and oxygen atoms in total. The molecule has 110 valence electrons. The van der Waals surface area contributed by atoms with Gasteiger partial charge in [0.25, 0.3) is 0 Å². The van der Waals surface area contributed by atoms with Crippen molar-refractivity contribution >= 4 is 27.6 Å². The third kappa shape index (κ3) is 2.55. The number of rotatable bonds is 3. The summed E-state index contributed by atoms with van der Waals surface area (Å²) in [6, 6.07) is 3.96. The highest BCUT2D eigenvalue weighted by molar-refractivity contribution is 7.89. The van der Waals surface area contributed by atoms with Crippen molar-refractivity contribution < 1.29 is 18.3 Å². The highest BCUT2D eigenvalue weighted by atomic mass is 35.5. The standard InChI is InChI=1S/C13H16ClNO4S/c1-8-7-10(3-4-12(8)14)20(18,19)15-6-5-11(9(15)2)13(16)17/h3-4,7,9,11H,5-6H2,1-2H3,(H,16,17). The fraction of sp³-hybridized carbons (Fsp3) is 0.462. The van der Waals surface area contributed by atoms with Crippen molar-refractivity contribution in [2.75, 3.05) is 6.54 Å². The zero-order valence-electron chi connectivity index (χ0n) is 11.2. The van der Waals surface area contributed by atoms with Gasteiger partial charge in [0.2, 0.25) is 10.0 Å². The largest absolute Gasteiger partial charge is 0.481 e. The first-order valence-corrected chi connectivity index (χ1v) is 8.07. The number of hydrogen-bond acceptors (Lipinski definition) is 3. The van der Waals surface area contributed by atoms with E-state index in [0.717, 1.165) is 0 Å². The molecule has 1 aliphatic heterocycles. The second-order valence-electron chi connectivity index (χ2n) is 5.00. The predicted octanol–water partition coefficient (Wildman–Crippen LogP) is 2.13. The summed E-state index contributed by atoms with van der Waals surface area (Å²) < 4.78 is 26.4. The van der Waals surface area contributed by atoms with E-state index in [0.29, 0.717) is 17.0 Å². The molecule has 0 aromatic heterocycles.